The molecule has 1 atom stereocenters. The van der Waals surface area contributed by atoms with Crippen LogP contribution in [0, 0.1) is 12.7 Å². The van der Waals surface area contributed by atoms with Crippen molar-refractivity contribution in [2.24, 2.45) is 0 Å². The van der Waals surface area contributed by atoms with Crippen LogP contribution in [-0.2, 0) is 9.59 Å². The van der Waals surface area contributed by atoms with Gasteiger partial charge in [-0.15, -0.1) is 0 Å². The Labute approximate surface area is 171 Å². The van der Waals surface area contributed by atoms with Crippen LogP contribution >= 0.6 is 0 Å². The topological polar surface area (TPSA) is 92.9 Å². The fourth-order valence-electron chi connectivity index (χ4n) is 3.40. The Bertz CT molecular complexity index is 1150. The molecular formula is C22H17FN2O5. The second-order valence-corrected chi connectivity index (χ2v) is 6.74. The first-order valence-corrected chi connectivity index (χ1v) is 9.05. The van der Waals surface area contributed by atoms with E-state index in [1.165, 1.54) is 37.4 Å². The van der Waals surface area contributed by atoms with Crippen LogP contribution in [0.3, 0.4) is 0 Å². The van der Waals surface area contributed by atoms with E-state index in [0.717, 1.165) is 4.90 Å². The SMILES string of the molecule is COc1ccc(C(O)=C2C(=O)C(=O)N(c3cc(C)on3)[C@H]2c2ccc(F)cc2)cc1. The molecule has 1 aliphatic rings. The third-order valence-corrected chi connectivity index (χ3v) is 4.86. The predicted octanol–water partition coefficient (Wildman–Crippen LogP) is 3.76. The Kier molecular flexibility index (Phi) is 4.83. The first-order chi connectivity index (χ1) is 14.4. The lowest BCUT2D eigenvalue weighted by Gasteiger charge is -2.22. The van der Waals surface area contributed by atoms with Crippen molar-refractivity contribution in [1.82, 2.24) is 5.16 Å². The average molecular weight is 408 g/mol. The predicted molar refractivity (Wildman–Crippen MR) is 105 cm³/mol. The van der Waals surface area contributed by atoms with Crippen molar-refractivity contribution in [2.45, 2.75) is 13.0 Å². The van der Waals surface area contributed by atoms with Gasteiger partial charge < -0.3 is 14.4 Å². The van der Waals surface area contributed by atoms with Crippen molar-refractivity contribution in [1.29, 1.82) is 0 Å². The van der Waals surface area contributed by atoms with E-state index in [1.807, 2.05) is 0 Å². The highest BCUT2D eigenvalue weighted by atomic mass is 19.1. The number of aliphatic hydroxyl groups is 1. The number of aliphatic hydroxyl groups excluding tert-OH is 1. The molecule has 1 N–H and O–H groups in total. The van der Waals surface area contributed by atoms with Gasteiger partial charge in [0.2, 0.25) is 0 Å². The molecule has 2 aromatic carbocycles. The van der Waals surface area contributed by atoms with E-state index in [0.29, 0.717) is 22.6 Å². The van der Waals surface area contributed by atoms with Crippen molar-refractivity contribution in [3.8, 4) is 5.75 Å². The van der Waals surface area contributed by atoms with Gasteiger partial charge in [-0.1, -0.05) is 17.3 Å². The Morgan fingerprint density at radius 1 is 1.13 bits per heavy atom. The number of rotatable bonds is 4. The molecule has 0 aliphatic carbocycles. The molecule has 4 rings (SSSR count). The van der Waals surface area contributed by atoms with Crippen LogP contribution in [-0.4, -0.2) is 29.1 Å². The van der Waals surface area contributed by atoms with Gasteiger partial charge >= 0.3 is 5.91 Å². The lowest BCUT2D eigenvalue weighted by Crippen LogP contribution is -2.29. The maximum absolute atomic E-state index is 13.5. The molecule has 0 spiro atoms. The van der Waals surface area contributed by atoms with E-state index in [1.54, 1.807) is 31.2 Å². The number of halogens is 1. The summed E-state index contributed by atoms with van der Waals surface area (Å²) in [7, 11) is 1.51. The summed E-state index contributed by atoms with van der Waals surface area (Å²) in [5, 5.41) is 14.8. The lowest BCUT2D eigenvalue weighted by atomic mass is 9.95. The van der Waals surface area contributed by atoms with E-state index in [4.69, 9.17) is 9.26 Å². The summed E-state index contributed by atoms with van der Waals surface area (Å²) < 4.78 is 23.7. The van der Waals surface area contributed by atoms with E-state index >= 15 is 0 Å². The van der Waals surface area contributed by atoms with Gasteiger partial charge in [0, 0.05) is 11.6 Å². The molecule has 0 radical (unpaired) electrons. The lowest BCUT2D eigenvalue weighted by molar-refractivity contribution is -0.132. The highest BCUT2D eigenvalue weighted by molar-refractivity contribution is 6.51. The number of carbonyl (C=O) groups is 2. The van der Waals surface area contributed by atoms with Gasteiger partial charge in [-0.3, -0.25) is 14.5 Å². The van der Waals surface area contributed by atoms with Gasteiger partial charge in [0.1, 0.15) is 23.1 Å². The van der Waals surface area contributed by atoms with E-state index in [-0.39, 0.29) is 17.2 Å². The second-order valence-electron chi connectivity index (χ2n) is 6.74. The van der Waals surface area contributed by atoms with Crippen molar-refractivity contribution in [2.75, 3.05) is 12.0 Å². The molecule has 0 saturated carbocycles. The number of hydrogen-bond donors (Lipinski definition) is 1. The minimum Gasteiger partial charge on any atom is -0.507 e. The summed E-state index contributed by atoms with van der Waals surface area (Å²) in [5.74, 6) is -1.43. The first kappa shape index (κ1) is 19.4. The quantitative estimate of drug-likeness (QED) is 0.401. The zero-order chi connectivity index (χ0) is 21.4. The first-order valence-electron chi connectivity index (χ1n) is 9.05. The van der Waals surface area contributed by atoms with E-state index in [2.05, 4.69) is 5.16 Å². The van der Waals surface area contributed by atoms with Crippen LogP contribution in [0.25, 0.3) is 5.76 Å². The molecule has 3 aromatic rings. The number of aryl methyl sites for hydroxylation is 1. The standard InChI is InChI=1S/C22H17FN2O5/c1-12-11-17(24-30-12)25-19(13-3-7-15(23)8-4-13)18(21(27)22(25)28)20(26)14-5-9-16(29-2)10-6-14/h3-11,19,26H,1-2H3/t19-/m0/s1. The number of ketones is 1. The molecule has 1 fully saturated rings. The third-order valence-electron chi connectivity index (χ3n) is 4.86. The molecule has 30 heavy (non-hydrogen) atoms. The Hall–Kier alpha value is -3.94. The van der Waals surface area contributed by atoms with Crippen LogP contribution in [0.4, 0.5) is 10.2 Å². The Morgan fingerprint density at radius 3 is 2.37 bits per heavy atom. The zero-order valence-electron chi connectivity index (χ0n) is 16.1. The van der Waals surface area contributed by atoms with Gasteiger partial charge in [-0.25, -0.2) is 4.39 Å². The number of ether oxygens (including phenoxy) is 1. The number of aromatic nitrogens is 1. The van der Waals surface area contributed by atoms with Crippen LogP contribution < -0.4 is 9.64 Å². The Balaban J connectivity index is 1.91. The molecule has 8 heteroatoms. The molecule has 1 amide bonds. The van der Waals surface area contributed by atoms with Crippen molar-refractivity contribution < 1.29 is 28.3 Å². The van der Waals surface area contributed by atoms with Crippen LogP contribution in [0.15, 0.2) is 64.7 Å². The fraction of sp³-hybridized carbons (Fsp3) is 0.136. The van der Waals surface area contributed by atoms with Crippen LogP contribution in [0.1, 0.15) is 22.9 Å². The summed E-state index contributed by atoms with van der Waals surface area (Å²) >= 11 is 0. The fourth-order valence-corrected chi connectivity index (χ4v) is 3.40. The van der Waals surface area contributed by atoms with Crippen molar-refractivity contribution in [3.63, 3.8) is 0 Å². The van der Waals surface area contributed by atoms with Crippen molar-refractivity contribution in [3.05, 3.63) is 82.9 Å². The number of methoxy groups -OCH3 is 1. The normalized spacial score (nSPS) is 18.1. The summed E-state index contributed by atoms with van der Waals surface area (Å²) in [6, 6.07) is 12.2. The van der Waals surface area contributed by atoms with Gasteiger partial charge in [0.15, 0.2) is 5.82 Å². The van der Waals surface area contributed by atoms with Crippen molar-refractivity contribution >= 4 is 23.3 Å². The molecule has 1 aliphatic heterocycles. The van der Waals surface area contributed by atoms with Gasteiger partial charge in [0.05, 0.1) is 18.7 Å². The molecule has 152 valence electrons. The van der Waals surface area contributed by atoms with Gasteiger partial charge in [0.25, 0.3) is 5.78 Å². The molecule has 7 nitrogen and oxygen atoms in total. The van der Waals surface area contributed by atoms with Crippen LogP contribution in [0.2, 0.25) is 0 Å². The summed E-state index contributed by atoms with van der Waals surface area (Å²) in [6.45, 7) is 1.65. The Morgan fingerprint density at radius 2 is 1.80 bits per heavy atom. The molecular weight excluding hydrogens is 391 g/mol. The molecule has 0 unspecified atom stereocenters. The third kappa shape index (κ3) is 3.22. The number of Topliss-reactive ketones (excluding diaryl/α,β-unsaturated/α-hetero) is 1. The molecule has 1 saturated heterocycles. The number of amides is 1. The van der Waals surface area contributed by atoms with Crippen LogP contribution in [0.5, 0.6) is 5.75 Å². The summed E-state index contributed by atoms with van der Waals surface area (Å²) in [4.78, 5) is 26.9. The minimum absolute atomic E-state index is 0.123. The number of hydrogen-bond acceptors (Lipinski definition) is 6. The molecule has 1 aromatic heterocycles. The smallest absolute Gasteiger partial charge is 0.301 e. The number of benzene rings is 2. The second kappa shape index (κ2) is 7.47. The maximum Gasteiger partial charge on any atom is 0.301 e. The number of anilines is 1. The highest BCUT2D eigenvalue weighted by Gasteiger charge is 2.48. The van der Waals surface area contributed by atoms with Gasteiger partial charge in [-0.05, 0) is 48.9 Å². The molecule has 2 heterocycles. The van der Waals surface area contributed by atoms with E-state index < -0.39 is 23.5 Å². The zero-order valence-corrected chi connectivity index (χ0v) is 16.1. The van der Waals surface area contributed by atoms with E-state index in [9.17, 15) is 19.1 Å². The van der Waals surface area contributed by atoms with Gasteiger partial charge in [-0.2, -0.15) is 0 Å². The summed E-state index contributed by atoms with van der Waals surface area (Å²) in [6.07, 6.45) is 0. The monoisotopic (exact) mass is 408 g/mol. The number of carbonyl (C=O) groups excluding carboxylic acids is 2. The maximum atomic E-state index is 13.5. The largest absolute Gasteiger partial charge is 0.507 e. The summed E-state index contributed by atoms with van der Waals surface area (Å²) in [5.41, 5.74) is 0.640. The highest BCUT2D eigenvalue weighted by Crippen LogP contribution is 2.42. The minimum atomic E-state index is -1.00. The number of nitrogens with zero attached hydrogens (tertiary/aromatic N) is 2. The molecule has 0 bridgehead atoms. The average Bonchev–Trinajstić information content (AvgIpc) is 3.29.